The highest BCUT2D eigenvalue weighted by atomic mass is 35.6. The van der Waals surface area contributed by atoms with E-state index in [4.69, 9.17) is 92.3 Å². The average molecular weight is 1140 g/mol. The third-order valence-corrected chi connectivity index (χ3v) is 14.1. The van der Waals surface area contributed by atoms with Crippen molar-refractivity contribution in [3.63, 3.8) is 0 Å². The Morgan fingerprint density at radius 2 is 1.10 bits per heavy atom. The number of hydrogen-bond acceptors (Lipinski definition) is 14. The summed E-state index contributed by atoms with van der Waals surface area (Å²) in [6.45, 7) is 1.82. The van der Waals surface area contributed by atoms with Crippen LogP contribution in [0.15, 0.2) is 182 Å². The third-order valence-electron chi connectivity index (χ3n) is 13.5. The van der Waals surface area contributed by atoms with Crippen LogP contribution in [0.3, 0.4) is 0 Å². The molecule has 1 spiro atoms. The highest BCUT2D eigenvalue weighted by Crippen LogP contribution is 2.45. The van der Waals surface area contributed by atoms with Gasteiger partial charge in [-0.2, -0.15) is 0 Å². The molecule has 15 nitrogen and oxygen atoms in total. The van der Waals surface area contributed by atoms with E-state index >= 15 is 4.79 Å². The van der Waals surface area contributed by atoms with Crippen LogP contribution in [-0.2, 0) is 101 Å². The molecule has 1 amide bonds. The molecule has 0 aliphatic carbocycles. The van der Waals surface area contributed by atoms with Gasteiger partial charge >= 0.3 is 5.97 Å². The maximum Gasteiger partial charge on any atom is 0.367 e. The number of hydrogen-bond donors (Lipinski definition) is 2. The molecule has 0 radical (unpaired) electrons. The van der Waals surface area contributed by atoms with E-state index in [0.29, 0.717) is 0 Å². The van der Waals surface area contributed by atoms with Crippen LogP contribution >= 0.6 is 34.8 Å². The Hall–Kier alpha value is -5.76. The number of carbonyl (C=O) groups is 2. The summed E-state index contributed by atoms with van der Waals surface area (Å²) in [5.41, 5.74) is 5.07. The van der Waals surface area contributed by atoms with Crippen LogP contribution in [0, 0.1) is 5.41 Å². The van der Waals surface area contributed by atoms with Crippen LogP contribution in [0.2, 0.25) is 0 Å². The first-order valence-electron chi connectivity index (χ1n) is 26.1. The van der Waals surface area contributed by atoms with E-state index in [1.807, 2.05) is 182 Å². The molecule has 11 atom stereocenters. The van der Waals surface area contributed by atoms with Crippen LogP contribution in [0.25, 0.3) is 0 Å². The maximum absolute atomic E-state index is 15.5. The Morgan fingerprint density at radius 1 is 0.633 bits per heavy atom. The zero-order valence-corrected chi connectivity index (χ0v) is 45.7. The molecule has 3 saturated heterocycles. The van der Waals surface area contributed by atoms with Crippen molar-refractivity contribution in [1.29, 1.82) is 5.41 Å². The molecule has 3 heterocycles. The molecule has 3 aliphatic rings. The smallest absolute Gasteiger partial charge is 0.367 e. The van der Waals surface area contributed by atoms with Gasteiger partial charge < -0.3 is 57.4 Å². The predicted molar refractivity (Wildman–Crippen MR) is 295 cm³/mol. The van der Waals surface area contributed by atoms with Crippen molar-refractivity contribution in [2.45, 2.75) is 124 Å². The summed E-state index contributed by atoms with van der Waals surface area (Å²) in [7, 11) is 0. The number of rotatable bonds is 24. The first-order chi connectivity index (χ1) is 38.4. The second kappa shape index (κ2) is 28.1. The van der Waals surface area contributed by atoms with E-state index in [0.717, 1.165) is 33.4 Å². The Bertz CT molecular complexity index is 2830. The molecule has 0 unspecified atom stereocenters. The minimum atomic E-state index is -2.32. The summed E-state index contributed by atoms with van der Waals surface area (Å²) in [6, 6.07) is 56.2. The third kappa shape index (κ3) is 16.0. The lowest BCUT2D eigenvalue weighted by molar-refractivity contribution is -0.397. The van der Waals surface area contributed by atoms with E-state index < -0.39 is 88.5 Å². The second-order valence-electron chi connectivity index (χ2n) is 19.4. The van der Waals surface area contributed by atoms with Crippen LogP contribution in [0.1, 0.15) is 46.7 Å². The number of ether oxygens (including phenoxy) is 11. The Kier molecular flexibility index (Phi) is 20.6. The summed E-state index contributed by atoms with van der Waals surface area (Å²) in [4.78, 5) is 29.1. The predicted octanol–water partition coefficient (Wildman–Crippen LogP) is 10.2. The lowest BCUT2D eigenvalue weighted by Gasteiger charge is -2.55. The summed E-state index contributed by atoms with van der Waals surface area (Å²) < 4.78 is 71.5. The van der Waals surface area contributed by atoms with Crippen LogP contribution in [0.5, 0.6) is 0 Å². The number of carbonyl (C=O) groups excluding carboxylic acids is 2. The molecular formula is C61H63Cl3N2O13. The van der Waals surface area contributed by atoms with Crippen LogP contribution in [0.4, 0.5) is 0 Å². The average Bonchev–Trinajstić information content (AvgIpc) is 3.49. The van der Waals surface area contributed by atoms with Crippen molar-refractivity contribution < 1.29 is 61.7 Å². The number of alkyl halides is 3. The van der Waals surface area contributed by atoms with Crippen LogP contribution in [-0.4, -0.2) is 102 Å². The molecule has 416 valence electrons. The van der Waals surface area contributed by atoms with Gasteiger partial charge in [0.1, 0.15) is 30.5 Å². The SMILES string of the molecule is CC(=O)N[C@H]1[C@H]([C@H](OCc2ccccc2)[C@@H](COCc2ccccc2)OCc2ccccc2)O[C@@]2(C[C@@H]1OCc1ccccc1)O[C@H]1[C@@H](OC2=O)[C@@H](COCc2ccccc2)O[C@@H](OC(=N)C(Cl)(Cl)Cl)[C@@H]1OCc1ccccc1. The first-order valence-corrected chi connectivity index (χ1v) is 27.2. The van der Waals surface area contributed by atoms with Gasteiger partial charge in [-0.1, -0.05) is 217 Å². The van der Waals surface area contributed by atoms with Gasteiger partial charge in [0.05, 0.1) is 65.0 Å². The van der Waals surface area contributed by atoms with Crippen molar-refractivity contribution in [1.82, 2.24) is 5.32 Å². The van der Waals surface area contributed by atoms with Gasteiger partial charge in [0, 0.05) is 13.3 Å². The number of esters is 1. The Morgan fingerprint density at radius 3 is 1.61 bits per heavy atom. The molecular weight excluding hydrogens is 1080 g/mol. The van der Waals surface area contributed by atoms with Gasteiger partial charge in [0.25, 0.3) is 9.58 Å². The molecule has 0 saturated carbocycles. The van der Waals surface area contributed by atoms with Gasteiger partial charge in [-0.3, -0.25) is 10.2 Å². The zero-order chi connectivity index (χ0) is 55.0. The van der Waals surface area contributed by atoms with Gasteiger partial charge in [-0.05, 0) is 33.4 Å². The molecule has 0 bridgehead atoms. The molecule has 3 aliphatic heterocycles. The van der Waals surface area contributed by atoms with Gasteiger partial charge in [0.2, 0.25) is 18.1 Å². The lowest BCUT2D eigenvalue weighted by Crippen LogP contribution is -2.74. The van der Waals surface area contributed by atoms with E-state index in [-0.39, 0.29) is 59.3 Å². The minimum Gasteiger partial charge on any atom is -0.453 e. The topological polar surface area (TPSA) is 172 Å². The number of nitrogens with one attached hydrogen (secondary N) is 2. The van der Waals surface area contributed by atoms with E-state index in [1.165, 1.54) is 6.92 Å². The second-order valence-corrected chi connectivity index (χ2v) is 21.7. The fourth-order valence-electron chi connectivity index (χ4n) is 9.69. The summed E-state index contributed by atoms with van der Waals surface area (Å²) >= 11 is 18.7. The Labute approximate surface area is 475 Å². The normalized spacial score (nSPS) is 24.6. The minimum absolute atomic E-state index is 0.0196. The van der Waals surface area contributed by atoms with Crippen molar-refractivity contribution in [2.75, 3.05) is 13.2 Å². The van der Waals surface area contributed by atoms with E-state index in [2.05, 4.69) is 5.32 Å². The number of benzene rings is 6. The van der Waals surface area contributed by atoms with Crippen molar-refractivity contribution >= 4 is 52.6 Å². The summed E-state index contributed by atoms with van der Waals surface area (Å²) in [6.07, 6.45) is -11.1. The molecule has 2 N–H and O–H groups in total. The van der Waals surface area contributed by atoms with Crippen molar-refractivity contribution in [2.24, 2.45) is 0 Å². The summed E-state index contributed by atoms with van der Waals surface area (Å²) in [5, 5.41) is 11.9. The van der Waals surface area contributed by atoms with Crippen molar-refractivity contribution in [3.8, 4) is 0 Å². The highest BCUT2D eigenvalue weighted by molar-refractivity contribution is 6.76. The van der Waals surface area contributed by atoms with Gasteiger partial charge in [-0.15, -0.1) is 0 Å². The molecule has 3 fully saturated rings. The first kappa shape index (κ1) is 57.9. The number of amides is 1. The molecule has 0 aromatic heterocycles. The molecule has 6 aromatic carbocycles. The van der Waals surface area contributed by atoms with Crippen LogP contribution < -0.4 is 5.32 Å². The standard InChI is InChI=1S/C61H63Cl3N2O13/c1-41(67)66-51-48(71-35-44-24-12-4-13-25-44)32-60(78-54(51)52(73-37-46-28-16-6-17-29-46)49(72-36-45-26-14-5-15-27-45)39-69-33-42-20-8-2-9-21-42)59(68)76-53-50(40-70-34-43-22-10-3-11-23-43)75-57(77-58(65)61(62,63)64)56(55(53)79-60)74-38-47-30-18-7-19-31-47/h2-31,48-57,65H,32-40H2,1H3,(H,66,67)/t48-,49+,50+,51+,52+,53-,54+,55-,56+,57-,60-/m0/s1. The quantitative estimate of drug-likeness (QED) is 0.0254. The number of fused-ring (bicyclic) bond motifs is 1. The zero-order valence-electron chi connectivity index (χ0n) is 43.4. The summed E-state index contributed by atoms with van der Waals surface area (Å²) in [5.74, 6) is -4.42. The molecule has 9 rings (SSSR count). The fraction of sp³-hybridized carbons (Fsp3) is 0.361. The largest absolute Gasteiger partial charge is 0.453 e. The fourth-order valence-corrected chi connectivity index (χ4v) is 9.83. The number of halogens is 3. The van der Waals surface area contributed by atoms with Gasteiger partial charge in [0.15, 0.2) is 12.2 Å². The highest BCUT2D eigenvalue weighted by Gasteiger charge is 2.66. The van der Waals surface area contributed by atoms with Crippen molar-refractivity contribution in [3.05, 3.63) is 215 Å². The van der Waals surface area contributed by atoms with E-state index in [9.17, 15) is 4.79 Å². The molecule has 6 aromatic rings. The van der Waals surface area contributed by atoms with Gasteiger partial charge in [-0.25, -0.2) is 4.79 Å². The maximum atomic E-state index is 15.5. The lowest BCUT2D eigenvalue weighted by atomic mass is 9.86. The Balaban J connectivity index is 1.14. The molecule has 18 heteroatoms. The van der Waals surface area contributed by atoms with E-state index in [1.54, 1.807) is 0 Å². The molecule has 79 heavy (non-hydrogen) atoms. The monoisotopic (exact) mass is 1140 g/mol.